The first-order chi connectivity index (χ1) is 34.0. The Hall–Kier alpha value is -3.38. The molecule has 1 aromatic rings. The monoisotopic (exact) mass is 989 g/mol. The van der Waals surface area contributed by atoms with Gasteiger partial charge in [-0.2, -0.15) is 0 Å². The number of benzene rings is 1. The van der Waals surface area contributed by atoms with E-state index < -0.39 is 39.8 Å². The Labute approximate surface area is 426 Å². The van der Waals surface area contributed by atoms with E-state index in [0.29, 0.717) is 38.5 Å². The molecule has 71 heavy (non-hydrogen) atoms. The standard InChI is InChI=1S/C34H50O6.C26H42O5/c1-6-7-15-39-16-9-8-10-28-24(4)31(36)18-30(28)33(22-35)19-26-17-29(23(2)3)34(33,20-26)32(37)40-21-25-11-13-27(38-5)14-12-25;1-5-6-10-31-11-8-7-9-20-18(4)23(28)13-22(20)25(16-27)14-19-12-21(17(2)3)26(25,15-19)24(29)30/h11-14,17,22-24,26,28,30-31,36H,6-10,15-16,18-21H2,1-5H3;12,16-20,22-23,28H,5-11,13-15H2,1-4H3,(H,29,30)/t24?,26?,28?,30?,31?,33-,34+;18?,19?,20?,22?,23?,25-,26+/m00/s1. The smallest absolute Gasteiger partial charge is 0.317 e. The number of methoxy groups -OCH3 is 1. The maximum absolute atomic E-state index is 14.3. The molecule has 0 aliphatic heterocycles. The van der Waals surface area contributed by atoms with E-state index in [-0.39, 0.29) is 71.8 Å². The molecule has 10 unspecified atom stereocenters. The van der Waals surface area contributed by atoms with Crippen LogP contribution in [-0.4, -0.2) is 85.6 Å². The number of aliphatic carboxylic acids is 1. The lowest BCUT2D eigenvalue weighted by molar-refractivity contribution is -0.167. The number of aliphatic hydroxyl groups is 2. The minimum absolute atomic E-state index is 0.0583. The Morgan fingerprint density at radius 1 is 0.662 bits per heavy atom. The Morgan fingerprint density at radius 2 is 1.10 bits per heavy atom. The van der Waals surface area contributed by atoms with Gasteiger partial charge in [-0.25, -0.2) is 0 Å². The van der Waals surface area contributed by atoms with Gasteiger partial charge >= 0.3 is 11.9 Å². The maximum Gasteiger partial charge on any atom is 0.317 e. The largest absolute Gasteiger partial charge is 0.497 e. The fourth-order valence-corrected chi connectivity index (χ4v) is 15.5. The molecule has 0 spiro atoms. The third-order valence-electron chi connectivity index (χ3n) is 19.0. The summed E-state index contributed by atoms with van der Waals surface area (Å²) >= 11 is 0. The predicted molar refractivity (Wildman–Crippen MR) is 276 cm³/mol. The lowest BCUT2D eigenvalue weighted by atomic mass is 9.52. The number of allylic oxidation sites excluding steroid dienone is 2. The molecule has 6 aliphatic rings. The zero-order chi connectivity index (χ0) is 51.7. The van der Waals surface area contributed by atoms with Crippen molar-refractivity contribution in [3.05, 3.63) is 53.1 Å². The van der Waals surface area contributed by atoms with Gasteiger partial charge in [0.05, 0.1) is 19.3 Å². The van der Waals surface area contributed by atoms with Crippen LogP contribution in [-0.2, 0) is 40.0 Å². The van der Waals surface area contributed by atoms with E-state index in [0.717, 1.165) is 126 Å². The third-order valence-corrected chi connectivity index (χ3v) is 19.0. The van der Waals surface area contributed by atoms with E-state index in [1.165, 1.54) is 0 Å². The van der Waals surface area contributed by atoms with Gasteiger partial charge < -0.3 is 43.9 Å². The number of carboxylic acid groups (broad SMARTS) is 1. The normalized spacial score (nSPS) is 35.7. The van der Waals surface area contributed by atoms with E-state index in [2.05, 4.69) is 53.7 Å². The molecule has 4 fully saturated rings. The first-order valence-electron chi connectivity index (χ1n) is 27.9. The molecule has 0 aromatic heterocycles. The number of rotatable bonds is 27. The molecule has 4 saturated carbocycles. The van der Waals surface area contributed by atoms with Crippen molar-refractivity contribution < 1.29 is 53.4 Å². The molecule has 0 saturated heterocycles. The molecule has 398 valence electrons. The first kappa shape index (κ1) is 56.9. The zero-order valence-electron chi connectivity index (χ0n) is 45.0. The van der Waals surface area contributed by atoms with E-state index >= 15 is 0 Å². The minimum atomic E-state index is -1.11. The summed E-state index contributed by atoms with van der Waals surface area (Å²) in [4.78, 5) is 53.3. The quantitative estimate of drug-likeness (QED) is 0.0332. The van der Waals surface area contributed by atoms with Crippen LogP contribution in [0.1, 0.15) is 164 Å². The number of ether oxygens (including phenoxy) is 4. The van der Waals surface area contributed by atoms with Gasteiger partial charge in [-0.3, -0.25) is 9.59 Å². The van der Waals surface area contributed by atoms with Crippen LogP contribution < -0.4 is 4.74 Å². The Balaban J connectivity index is 0.000000240. The number of esters is 1. The van der Waals surface area contributed by atoms with Crippen LogP contribution in [0.25, 0.3) is 0 Å². The van der Waals surface area contributed by atoms with Gasteiger partial charge in [0, 0.05) is 37.3 Å². The molecule has 7 rings (SSSR count). The molecule has 11 heteroatoms. The number of fused-ring (bicyclic) bond motifs is 4. The van der Waals surface area contributed by atoms with Crippen LogP contribution in [0.3, 0.4) is 0 Å². The van der Waals surface area contributed by atoms with Crippen LogP contribution in [0, 0.1) is 80.8 Å². The predicted octanol–water partition coefficient (Wildman–Crippen LogP) is 11.4. The summed E-state index contributed by atoms with van der Waals surface area (Å²) in [6.45, 7) is 20.1. The summed E-state index contributed by atoms with van der Waals surface area (Å²) in [7, 11) is 1.62. The number of carbonyl (C=O) groups excluding carboxylic acids is 3. The highest BCUT2D eigenvalue weighted by molar-refractivity contribution is 5.90. The summed E-state index contributed by atoms with van der Waals surface area (Å²) in [6, 6.07) is 7.52. The third kappa shape index (κ3) is 10.9. The van der Waals surface area contributed by atoms with E-state index in [1.807, 2.05) is 38.1 Å². The van der Waals surface area contributed by atoms with Crippen molar-refractivity contribution in [3.63, 3.8) is 0 Å². The van der Waals surface area contributed by atoms with Gasteiger partial charge in [-0.05, 0) is 154 Å². The van der Waals surface area contributed by atoms with Crippen molar-refractivity contribution >= 4 is 24.5 Å². The number of hydrogen-bond acceptors (Lipinski definition) is 10. The first-order valence-corrected chi connectivity index (χ1v) is 27.9. The second-order valence-corrected chi connectivity index (χ2v) is 23.5. The van der Waals surface area contributed by atoms with Gasteiger partial charge in [0.25, 0.3) is 0 Å². The van der Waals surface area contributed by atoms with Crippen molar-refractivity contribution in [1.82, 2.24) is 0 Å². The minimum Gasteiger partial charge on any atom is -0.497 e. The van der Waals surface area contributed by atoms with Crippen molar-refractivity contribution in [3.8, 4) is 5.75 Å². The van der Waals surface area contributed by atoms with Crippen LogP contribution in [0.5, 0.6) is 5.75 Å². The molecule has 6 aliphatic carbocycles. The van der Waals surface area contributed by atoms with Gasteiger partial charge in [-0.15, -0.1) is 0 Å². The van der Waals surface area contributed by atoms with Gasteiger partial charge in [-0.1, -0.05) is 117 Å². The van der Waals surface area contributed by atoms with Crippen LogP contribution in [0.4, 0.5) is 0 Å². The maximum atomic E-state index is 14.3. The van der Waals surface area contributed by atoms with Crippen LogP contribution in [0.2, 0.25) is 0 Å². The van der Waals surface area contributed by atoms with Gasteiger partial charge in [0.1, 0.15) is 35.8 Å². The van der Waals surface area contributed by atoms with E-state index in [4.69, 9.17) is 18.9 Å². The molecule has 0 amide bonds. The molecule has 4 bridgehead atoms. The molecule has 11 nitrogen and oxygen atoms in total. The molecule has 0 heterocycles. The molecular weight excluding hydrogens is 897 g/mol. The topological polar surface area (TPSA) is 166 Å². The number of aliphatic hydroxyl groups excluding tert-OH is 2. The van der Waals surface area contributed by atoms with Gasteiger partial charge in [0.2, 0.25) is 0 Å². The highest BCUT2D eigenvalue weighted by atomic mass is 16.5. The number of hydrogen-bond donors (Lipinski definition) is 3. The highest BCUT2D eigenvalue weighted by Gasteiger charge is 2.73. The number of carbonyl (C=O) groups is 4. The summed E-state index contributed by atoms with van der Waals surface area (Å²) in [5, 5.41) is 32.4. The highest BCUT2D eigenvalue weighted by Crippen LogP contribution is 2.72. The SMILES string of the molecule is CCCCOCCCCC1C(C)C(O)CC1[C@@]1(C=O)CC2C=C(C(C)C)[C@@]1(C(=O)O)C2.CCCCOCCCCC1C(C)C(O)CC1[C@@]1(C=O)CC2C=C(C(C)C)[C@@]1(C(=O)OCc1ccc(OC)cc1)C2. The number of unbranched alkanes of at least 4 members (excludes halogenated alkanes) is 4. The molecule has 0 radical (unpaired) electrons. The Morgan fingerprint density at radius 3 is 1.52 bits per heavy atom. The van der Waals surface area contributed by atoms with Crippen molar-refractivity contribution in [1.29, 1.82) is 0 Å². The summed E-state index contributed by atoms with van der Waals surface area (Å²) in [6.07, 6.45) is 19.2. The zero-order valence-corrected chi connectivity index (χ0v) is 45.0. The average Bonchev–Trinajstić information content (AvgIpc) is 4.21. The van der Waals surface area contributed by atoms with Crippen LogP contribution in [0.15, 0.2) is 47.6 Å². The lowest BCUT2D eigenvalue weighted by Crippen LogP contribution is -2.53. The average molecular weight is 989 g/mol. The second-order valence-electron chi connectivity index (χ2n) is 23.5. The summed E-state index contributed by atoms with van der Waals surface area (Å²) < 4.78 is 22.8. The van der Waals surface area contributed by atoms with Crippen molar-refractivity contribution in [2.75, 3.05) is 33.5 Å². The van der Waals surface area contributed by atoms with E-state index in [9.17, 15) is 34.5 Å². The lowest BCUT2D eigenvalue weighted by Gasteiger charge is -2.49. The molecule has 1 aromatic carbocycles. The summed E-state index contributed by atoms with van der Waals surface area (Å²) in [5.74, 6) is 0.538. The molecule has 14 atom stereocenters. The van der Waals surface area contributed by atoms with Crippen LogP contribution >= 0.6 is 0 Å². The molecule has 3 N–H and O–H groups in total. The van der Waals surface area contributed by atoms with Crippen molar-refractivity contribution in [2.24, 2.45) is 80.8 Å². The number of carboxylic acids is 1. The Kier molecular flexibility index (Phi) is 19.9. The fraction of sp³-hybridized carbons (Fsp3) is 0.767. The molecular formula is C60H92O11. The van der Waals surface area contributed by atoms with E-state index in [1.54, 1.807) is 7.11 Å². The van der Waals surface area contributed by atoms with Gasteiger partial charge in [0.15, 0.2) is 0 Å². The number of aldehydes is 2. The van der Waals surface area contributed by atoms with Crippen molar-refractivity contribution in [2.45, 2.75) is 177 Å². The fourth-order valence-electron chi connectivity index (χ4n) is 15.5. The summed E-state index contributed by atoms with van der Waals surface area (Å²) in [5.41, 5.74) is -0.996. The Bertz CT molecular complexity index is 1990. The second kappa shape index (κ2) is 24.8.